The molecule has 5 heteroatoms. The number of halogens is 1. The highest BCUT2D eigenvalue weighted by Crippen LogP contribution is 2.25. The number of phenolic OH excluding ortho intramolecular Hbond substituents is 1. The number of para-hydroxylation sites is 1. The summed E-state index contributed by atoms with van der Waals surface area (Å²) in [5.74, 6) is 0.184. The first kappa shape index (κ1) is 11.0. The van der Waals surface area contributed by atoms with Crippen molar-refractivity contribution in [1.82, 2.24) is 15.0 Å². The number of nitrogens with zero attached hydrogens (tertiary/aromatic N) is 3. The van der Waals surface area contributed by atoms with E-state index in [1.54, 1.807) is 24.3 Å². The number of phenols is 1. The van der Waals surface area contributed by atoms with E-state index in [1.807, 2.05) is 19.1 Å². The van der Waals surface area contributed by atoms with E-state index in [1.165, 1.54) is 4.80 Å². The molecule has 18 heavy (non-hydrogen) atoms. The molecule has 0 bridgehead atoms. The van der Waals surface area contributed by atoms with Crippen LogP contribution in [0.4, 0.5) is 0 Å². The third-order valence-electron chi connectivity index (χ3n) is 2.77. The molecule has 3 aromatic rings. The van der Waals surface area contributed by atoms with Crippen LogP contribution in [0.5, 0.6) is 5.75 Å². The van der Waals surface area contributed by atoms with Crippen LogP contribution in [0.25, 0.3) is 16.7 Å². The molecular weight excluding hydrogens is 250 g/mol. The van der Waals surface area contributed by atoms with Crippen LogP contribution >= 0.6 is 11.6 Å². The summed E-state index contributed by atoms with van der Waals surface area (Å²) in [5.41, 5.74) is 2.78. The minimum Gasteiger partial charge on any atom is -0.505 e. The number of fused-ring (bicyclic) bond motifs is 1. The van der Waals surface area contributed by atoms with Crippen molar-refractivity contribution < 1.29 is 5.11 Å². The molecule has 90 valence electrons. The number of hydrogen-bond acceptors (Lipinski definition) is 3. The van der Waals surface area contributed by atoms with Crippen LogP contribution in [-0.4, -0.2) is 20.1 Å². The summed E-state index contributed by atoms with van der Waals surface area (Å²) >= 11 is 5.90. The summed E-state index contributed by atoms with van der Waals surface area (Å²) in [7, 11) is 0. The lowest BCUT2D eigenvalue weighted by atomic mass is 10.2. The summed E-state index contributed by atoms with van der Waals surface area (Å²) in [4.78, 5) is 1.42. The molecule has 1 N–H and O–H groups in total. The summed E-state index contributed by atoms with van der Waals surface area (Å²) in [6, 6.07) is 10.8. The summed E-state index contributed by atoms with van der Waals surface area (Å²) in [5, 5.41) is 19.2. The van der Waals surface area contributed by atoms with Gasteiger partial charge in [-0.1, -0.05) is 23.7 Å². The Bertz CT molecular complexity index is 736. The Morgan fingerprint density at radius 3 is 2.72 bits per heavy atom. The van der Waals surface area contributed by atoms with Crippen molar-refractivity contribution in [1.29, 1.82) is 0 Å². The second-order valence-corrected chi connectivity index (χ2v) is 4.50. The van der Waals surface area contributed by atoms with Gasteiger partial charge >= 0.3 is 0 Å². The molecule has 0 aliphatic rings. The van der Waals surface area contributed by atoms with Crippen molar-refractivity contribution in [3.63, 3.8) is 0 Å². The van der Waals surface area contributed by atoms with Crippen LogP contribution in [0, 0.1) is 6.92 Å². The van der Waals surface area contributed by atoms with Crippen LogP contribution in [0.15, 0.2) is 36.4 Å². The quantitative estimate of drug-likeness (QED) is 0.731. The summed E-state index contributed by atoms with van der Waals surface area (Å²) in [6.45, 7) is 1.83. The highest BCUT2D eigenvalue weighted by Gasteiger charge is 2.10. The van der Waals surface area contributed by atoms with E-state index in [-0.39, 0.29) is 5.75 Å². The van der Waals surface area contributed by atoms with Crippen molar-refractivity contribution in [2.45, 2.75) is 6.92 Å². The predicted molar refractivity (Wildman–Crippen MR) is 70.3 cm³/mol. The van der Waals surface area contributed by atoms with Gasteiger partial charge in [0.2, 0.25) is 0 Å². The predicted octanol–water partition coefficient (Wildman–Crippen LogP) is 3.09. The first-order chi connectivity index (χ1) is 8.65. The molecule has 0 unspecified atom stereocenters. The third-order valence-corrected chi connectivity index (χ3v) is 3.01. The zero-order chi connectivity index (χ0) is 12.7. The fourth-order valence-electron chi connectivity index (χ4n) is 1.80. The molecule has 4 nitrogen and oxygen atoms in total. The topological polar surface area (TPSA) is 50.9 Å². The molecule has 0 saturated heterocycles. The molecule has 0 amide bonds. The van der Waals surface area contributed by atoms with Crippen LogP contribution in [0.1, 0.15) is 5.56 Å². The Labute approximate surface area is 108 Å². The van der Waals surface area contributed by atoms with Crippen molar-refractivity contribution in [2.24, 2.45) is 0 Å². The zero-order valence-corrected chi connectivity index (χ0v) is 10.4. The monoisotopic (exact) mass is 259 g/mol. The van der Waals surface area contributed by atoms with Crippen molar-refractivity contribution in [3.8, 4) is 11.4 Å². The molecule has 1 aromatic heterocycles. The van der Waals surface area contributed by atoms with E-state index < -0.39 is 0 Å². The van der Waals surface area contributed by atoms with E-state index >= 15 is 0 Å². The van der Waals surface area contributed by atoms with E-state index in [0.29, 0.717) is 16.2 Å². The molecule has 0 radical (unpaired) electrons. The Morgan fingerprint density at radius 2 is 1.89 bits per heavy atom. The molecule has 3 rings (SSSR count). The Hall–Kier alpha value is -2.07. The molecular formula is C13H10ClN3O. The molecule has 0 atom stereocenters. The fraction of sp³-hybridized carbons (Fsp3) is 0.0769. The van der Waals surface area contributed by atoms with Gasteiger partial charge in [-0.2, -0.15) is 0 Å². The maximum Gasteiger partial charge on any atom is 0.145 e. The third kappa shape index (κ3) is 1.71. The van der Waals surface area contributed by atoms with E-state index in [9.17, 15) is 5.11 Å². The molecule has 0 spiro atoms. The summed E-state index contributed by atoms with van der Waals surface area (Å²) in [6.07, 6.45) is 0. The van der Waals surface area contributed by atoms with Gasteiger partial charge < -0.3 is 5.11 Å². The average molecular weight is 260 g/mol. The van der Waals surface area contributed by atoms with E-state index in [0.717, 1.165) is 11.1 Å². The second-order valence-electron chi connectivity index (χ2n) is 4.07. The molecule has 0 saturated carbocycles. The van der Waals surface area contributed by atoms with Gasteiger partial charge in [0.05, 0.1) is 0 Å². The highest BCUT2D eigenvalue weighted by molar-refractivity contribution is 6.31. The van der Waals surface area contributed by atoms with Gasteiger partial charge in [0.15, 0.2) is 0 Å². The first-order valence-corrected chi connectivity index (χ1v) is 5.84. The van der Waals surface area contributed by atoms with Crippen LogP contribution in [0.3, 0.4) is 0 Å². The average Bonchev–Trinajstić information content (AvgIpc) is 2.75. The minimum absolute atomic E-state index is 0.184. The number of aromatic nitrogens is 3. The number of benzene rings is 2. The lowest BCUT2D eigenvalue weighted by Crippen LogP contribution is -1.99. The zero-order valence-electron chi connectivity index (χ0n) is 9.63. The van der Waals surface area contributed by atoms with Crippen LogP contribution in [0.2, 0.25) is 5.02 Å². The Balaban J connectivity index is 2.22. The van der Waals surface area contributed by atoms with E-state index in [2.05, 4.69) is 10.2 Å². The normalized spacial score (nSPS) is 11.0. The summed E-state index contributed by atoms with van der Waals surface area (Å²) < 4.78 is 0. The van der Waals surface area contributed by atoms with Crippen molar-refractivity contribution >= 4 is 22.6 Å². The lowest BCUT2D eigenvalue weighted by Gasteiger charge is -2.04. The van der Waals surface area contributed by atoms with Gasteiger partial charge in [-0.3, -0.25) is 0 Å². The lowest BCUT2D eigenvalue weighted by molar-refractivity contribution is 0.463. The minimum atomic E-state index is 0.184. The van der Waals surface area contributed by atoms with Gasteiger partial charge in [-0.15, -0.1) is 15.0 Å². The smallest absolute Gasteiger partial charge is 0.145 e. The van der Waals surface area contributed by atoms with Gasteiger partial charge in [-0.05, 0) is 36.8 Å². The number of rotatable bonds is 1. The van der Waals surface area contributed by atoms with Crippen molar-refractivity contribution in [3.05, 3.63) is 47.0 Å². The molecule has 0 aliphatic heterocycles. The van der Waals surface area contributed by atoms with Crippen LogP contribution < -0.4 is 0 Å². The molecule has 2 aromatic carbocycles. The number of aromatic hydroxyl groups is 1. The SMILES string of the molecule is Cc1cccc(-n2nc3ccc(Cl)cc3n2)c1O. The Kier molecular flexibility index (Phi) is 2.45. The molecule has 0 fully saturated rings. The number of hydrogen-bond donors (Lipinski definition) is 1. The van der Waals surface area contributed by atoms with Crippen molar-refractivity contribution in [2.75, 3.05) is 0 Å². The number of aryl methyl sites for hydroxylation is 1. The van der Waals surface area contributed by atoms with E-state index in [4.69, 9.17) is 11.6 Å². The maximum atomic E-state index is 10.0. The fourth-order valence-corrected chi connectivity index (χ4v) is 1.97. The largest absolute Gasteiger partial charge is 0.505 e. The highest BCUT2D eigenvalue weighted by atomic mass is 35.5. The van der Waals surface area contributed by atoms with Gasteiger partial charge in [0, 0.05) is 5.02 Å². The molecule has 1 heterocycles. The standard InChI is InChI=1S/C13H10ClN3O/c1-8-3-2-4-12(13(8)18)17-15-10-6-5-9(14)7-11(10)16-17/h2-7,18H,1H3. The van der Waals surface area contributed by atoms with Gasteiger partial charge in [0.25, 0.3) is 0 Å². The van der Waals surface area contributed by atoms with Gasteiger partial charge in [0.1, 0.15) is 22.5 Å². The van der Waals surface area contributed by atoms with Gasteiger partial charge in [-0.25, -0.2) is 0 Å². The second kappa shape index (κ2) is 3.99. The maximum absolute atomic E-state index is 10.0. The molecule has 0 aliphatic carbocycles. The Morgan fingerprint density at radius 1 is 1.11 bits per heavy atom. The van der Waals surface area contributed by atoms with Crippen LogP contribution in [-0.2, 0) is 0 Å². The first-order valence-electron chi connectivity index (χ1n) is 5.47.